The van der Waals surface area contributed by atoms with E-state index in [0.29, 0.717) is 31.6 Å². The molecule has 7 nitrogen and oxygen atoms in total. The van der Waals surface area contributed by atoms with E-state index in [0.717, 1.165) is 0 Å². The fourth-order valence-electron chi connectivity index (χ4n) is 2.41. The zero-order valence-corrected chi connectivity index (χ0v) is 12.6. The third-order valence-corrected chi connectivity index (χ3v) is 3.37. The van der Waals surface area contributed by atoms with Gasteiger partial charge in [-0.3, -0.25) is 9.78 Å². The first-order valence-corrected chi connectivity index (χ1v) is 7.06. The zero-order chi connectivity index (χ0) is 15.6. The van der Waals surface area contributed by atoms with E-state index in [4.69, 9.17) is 4.74 Å². The van der Waals surface area contributed by atoms with Gasteiger partial charge in [-0.25, -0.2) is 9.59 Å². The van der Waals surface area contributed by atoms with E-state index in [9.17, 15) is 14.4 Å². The van der Waals surface area contributed by atoms with Gasteiger partial charge in [0.2, 0.25) is 0 Å². The van der Waals surface area contributed by atoms with Crippen molar-refractivity contribution >= 4 is 6.09 Å². The smallest absolute Gasteiger partial charge is 0.410 e. The number of carbonyl (C=O) groups is 1. The van der Waals surface area contributed by atoms with Crippen molar-refractivity contribution in [2.75, 3.05) is 13.1 Å². The average molecular weight is 295 g/mol. The molecule has 21 heavy (non-hydrogen) atoms. The van der Waals surface area contributed by atoms with Gasteiger partial charge >= 0.3 is 11.8 Å². The number of carbonyl (C=O) groups excluding carboxylic acids is 1. The van der Waals surface area contributed by atoms with E-state index in [1.54, 1.807) is 4.90 Å². The highest BCUT2D eigenvalue weighted by atomic mass is 16.6. The first-order valence-electron chi connectivity index (χ1n) is 7.06. The summed E-state index contributed by atoms with van der Waals surface area (Å²) in [6.45, 7) is 6.60. The summed E-state index contributed by atoms with van der Waals surface area (Å²) in [5.41, 5.74) is -0.769. The Labute approximate surface area is 122 Å². The first kappa shape index (κ1) is 15.3. The molecular formula is C14H21N3O4. The van der Waals surface area contributed by atoms with Crippen molar-refractivity contribution in [2.45, 2.75) is 45.1 Å². The summed E-state index contributed by atoms with van der Waals surface area (Å²) in [7, 11) is 0. The number of likely N-dealkylation sites (tertiary alicyclic amines) is 1. The van der Waals surface area contributed by atoms with Crippen molar-refractivity contribution in [3.63, 3.8) is 0 Å². The van der Waals surface area contributed by atoms with Crippen molar-refractivity contribution in [2.24, 2.45) is 0 Å². The van der Waals surface area contributed by atoms with Gasteiger partial charge in [0.05, 0.1) is 0 Å². The van der Waals surface area contributed by atoms with Gasteiger partial charge in [-0.1, -0.05) is 0 Å². The lowest BCUT2D eigenvalue weighted by Crippen LogP contribution is -2.41. The first-order chi connectivity index (χ1) is 9.74. The monoisotopic (exact) mass is 295 g/mol. The fourth-order valence-corrected chi connectivity index (χ4v) is 2.41. The van der Waals surface area contributed by atoms with Crippen LogP contribution in [0.25, 0.3) is 0 Å². The molecule has 0 unspecified atom stereocenters. The highest BCUT2D eigenvalue weighted by molar-refractivity contribution is 5.68. The number of nitrogens with one attached hydrogen (secondary N) is 2. The molecule has 0 aromatic carbocycles. The normalized spacial score (nSPS) is 16.8. The number of piperidine rings is 1. The Morgan fingerprint density at radius 3 is 2.38 bits per heavy atom. The minimum atomic E-state index is -0.508. The lowest BCUT2D eigenvalue weighted by atomic mass is 9.93. The maximum Gasteiger partial charge on any atom is 0.410 e. The predicted octanol–water partition coefficient (Wildman–Crippen LogP) is 1.18. The number of aromatic nitrogens is 2. The SMILES string of the molecule is CC(C)(C)OC(=O)N1CCC(c2cc(=O)[nH]c(=O)[nH]2)CC1. The molecule has 0 radical (unpaired) electrons. The van der Waals surface area contributed by atoms with E-state index in [2.05, 4.69) is 9.97 Å². The summed E-state index contributed by atoms with van der Waals surface area (Å²) < 4.78 is 5.33. The molecule has 1 aromatic heterocycles. The summed E-state index contributed by atoms with van der Waals surface area (Å²) >= 11 is 0. The molecule has 1 fully saturated rings. The molecule has 0 aliphatic carbocycles. The topological polar surface area (TPSA) is 95.3 Å². The molecule has 1 aromatic rings. The van der Waals surface area contributed by atoms with Crippen molar-refractivity contribution in [3.05, 3.63) is 32.6 Å². The maximum absolute atomic E-state index is 12.0. The van der Waals surface area contributed by atoms with Crippen molar-refractivity contribution in [1.82, 2.24) is 14.9 Å². The average Bonchev–Trinajstić information content (AvgIpc) is 2.35. The number of hydrogen-bond acceptors (Lipinski definition) is 4. The number of amides is 1. The Bertz CT molecular complexity index is 590. The van der Waals surface area contributed by atoms with E-state index < -0.39 is 16.9 Å². The van der Waals surface area contributed by atoms with Crippen LogP contribution in [0.2, 0.25) is 0 Å². The second kappa shape index (κ2) is 5.75. The summed E-state index contributed by atoms with van der Waals surface area (Å²) in [6, 6.07) is 1.41. The van der Waals surface area contributed by atoms with Crippen LogP contribution in [-0.2, 0) is 4.74 Å². The van der Waals surface area contributed by atoms with Crippen molar-refractivity contribution in [1.29, 1.82) is 0 Å². The van der Waals surface area contributed by atoms with Gasteiger partial charge in [-0.15, -0.1) is 0 Å². The second-order valence-electron chi connectivity index (χ2n) is 6.28. The van der Waals surface area contributed by atoms with Crippen LogP contribution in [0.1, 0.15) is 45.2 Å². The lowest BCUT2D eigenvalue weighted by molar-refractivity contribution is 0.0204. The molecule has 0 spiro atoms. The number of hydrogen-bond donors (Lipinski definition) is 2. The zero-order valence-electron chi connectivity index (χ0n) is 12.6. The molecule has 1 saturated heterocycles. The Balaban J connectivity index is 1.98. The quantitative estimate of drug-likeness (QED) is 0.813. The highest BCUT2D eigenvalue weighted by Crippen LogP contribution is 2.26. The van der Waals surface area contributed by atoms with E-state index >= 15 is 0 Å². The number of rotatable bonds is 1. The predicted molar refractivity (Wildman–Crippen MR) is 77.5 cm³/mol. The van der Waals surface area contributed by atoms with Gasteiger partial charge in [-0.05, 0) is 33.6 Å². The van der Waals surface area contributed by atoms with Crippen LogP contribution in [0.3, 0.4) is 0 Å². The molecule has 0 saturated carbocycles. The molecule has 2 rings (SSSR count). The van der Waals surface area contributed by atoms with Crippen LogP contribution < -0.4 is 11.2 Å². The fraction of sp³-hybridized carbons (Fsp3) is 0.643. The van der Waals surface area contributed by atoms with Gasteiger partial charge in [0.1, 0.15) is 5.60 Å². The molecule has 7 heteroatoms. The standard InChI is InChI=1S/C14H21N3O4/c1-14(2,3)21-13(20)17-6-4-9(5-7-17)10-8-11(18)16-12(19)15-10/h8-9H,4-7H2,1-3H3,(H2,15,16,18,19). The molecular weight excluding hydrogens is 274 g/mol. The number of H-pyrrole nitrogens is 2. The molecule has 1 aliphatic heterocycles. The summed E-state index contributed by atoms with van der Waals surface area (Å²) in [5.74, 6) is 0.0821. The van der Waals surface area contributed by atoms with Crippen molar-refractivity contribution in [3.8, 4) is 0 Å². The summed E-state index contributed by atoms with van der Waals surface area (Å²) in [4.78, 5) is 41.0. The largest absolute Gasteiger partial charge is 0.444 e. The molecule has 2 N–H and O–H groups in total. The second-order valence-corrected chi connectivity index (χ2v) is 6.28. The Hall–Kier alpha value is -2.05. The number of ether oxygens (including phenoxy) is 1. The van der Waals surface area contributed by atoms with Crippen LogP contribution in [0, 0.1) is 0 Å². The minimum absolute atomic E-state index is 0.0821. The van der Waals surface area contributed by atoms with E-state index in [-0.39, 0.29) is 12.0 Å². The highest BCUT2D eigenvalue weighted by Gasteiger charge is 2.27. The molecule has 2 heterocycles. The van der Waals surface area contributed by atoms with E-state index in [1.165, 1.54) is 6.07 Å². The van der Waals surface area contributed by atoms with Crippen LogP contribution in [0.4, 0.5) is 4.79 Å². The summed E-state index contributed by atoms with van der Waals surface area (Å²) in [5, 5.41) is 0. The Morgan fingerprint density at radius 1 is 1.24 bits per heavy atom. The molecule has 116 valence electrons. The van der Waals surface area contributed by atoms with Gasteiger partial charge in [0, 0.05) is 30.8 Å². The third-order valence-electron chi connectivity index (χ3n) is 3.37. The van der Waals surface area contributed by atoms with E-state index in [1.807, 2.05) is 20.8 Å². The minimum Gasteiger partial charge on any atom is -0.444 e. The Morgan fingerprint density at radius 2 is 1.86 bits per heavy atom. The molecule has 0 atom stereocenters. The maximum atomic E-state index is 12.0. The third kappa shape index (κ3) is 4.21. The van der Waals surface area contributed by atoms with Crippen LogP contribution in [-0.4, -0.2) is 39.7 Å². The van der Waals surface area contributed by atoms with Crippen LogP contribution in [0.15, 0.2) is 15.7 Å². The molecule has 0 bridgehead atoms. The molecule has 1 aliphatic rings. The van der Waals surface area contributed by atoms with Gasteiger partial charge < -0.3 is 14.6 Å². The number of nitrogens with zero attached hydrogens (tertiary/aromatic N) is 1. The van der Waals surface area contributed by atoms with Gasteiger partial charge in [0.25, 0.3) is 5.56 Å². The summed E-state index contributed by atoms with van der Waals surface area (Å²) in [6.07, 6.45) is 1.07. The van der Waals surface area contributed by atoms with Crippen LogP contribution in [0.5, 0.6) is 0 Å². The van der Waals surface area contributed by atoms with Crippen molar-refractivity contribution < 1.29 is 9.53 Å². The van der Waals surface area contributed by atoms with Crippen LogP contribution >= 0.6 is 0 Å². The molecule has 1 amide bonds. The van der Waals surface area contributed by atoms with Gasteiger partial charge in [-0.2, -0.15) is 0 Å². The van der Waals surface area contributed by atoms with Gasteiger partial charge in [0.15, 0.2) is 0 Å². The Kier molecular flexibility index (Phi) is 4.20. The lowest BCUT2D eigenvalue weighted by Gasteiger charge is -2.33. The number of aromatic amines is 2.